The summed E-state index contributed by atoms with van der Waals surface area (Å²) >= 11 is 0. The van der Waals surface area contributed by atoms with Crippen LogP contribution >= 0.6 is 0 Å². The first-order valence-electron chi connectivity index (χ1n) is 6.98. The van der Waals surface area contributed by atoms with Crippen LogP contribution in [0.5, 0.6) is 5.75 Å². The smallest absolute Gasteiger partial charge is 0.142 e. The number of methoxy groups -OCH3 is 1. The molecule has 1 aromatic rings. The quantitative estimate of drug-likeness (QED) is 0.835. The largest absolute Gasteiger partial charge is 0.495 e. The highest BCUT2D eigenvalue weighted by atomic mass is 16.5. The van der Waals surface area contributed by atoms with Crippen LogP contribution in [0.15, 0.2) is 18.2 Å². The predicted octanol–water partition coefficient (Wildman–Crippen LogP) is 2.90. The molecule has 112 valence electrons. The van der Waals surface area contributed by atoms with Crippen molar-refractivity contribution < 1.29 is 14.6 Å². The van der Waals surface area contributed by atoms with Gasteiger partial charge in [-0.2, -0.15) is 0 Å². The molecule has 1 fully saturated rings. The van der Waals surface area contributed by atoms with Crippen LogP contribution in [0.25, 0.3) is 0 Å². The standard InChI is InChI=1S/C16H25NO3/c1-15(2)9-11(16(3,4)20-15)14(18)10-7-6-8-12(19-5)13(10)17/h6-8,11,14,18H,9,17H2,1-5H3. The summed E-state index contributed by atoms with van der Waals surface area (Å²) in [5.41, 5.74) is 6.68. The molecule has 4 heteroatoms. The molecule has 1 aromatic carbocycles. The summed E-state index contributed by atoms with van der Waals surface area (Å²) < 4.78 is 11.3. The predicted molar refractivity (Wildman–Crippen MR) is 79.7 cm³/mol. The molecular weight excluding hydrogens is 254 g/mol. The van der Waals surface area contributed by atoms with Gasteiger partial charge in [0.05, 0.1) is 30.1 Å². The number of rotatable bonds is 3. The zero-order valence-electron chi connectivity index (χ0n) is 12.9. The summed E-state index contributed by atoms with van der Waals surface area (Å²) in [5.74, 6) is 0.587. The molecule has 0 aliphatic carbocycles. The fourth-order valence-corrected chi connectivity index (χ4v) is 3.31. The van der Waals surface area contributed by atoms with Gasteiger partial charge in [-0.25, -0.2) is 0 Å². The average Bonchev–Trinajstić information content (AvgIpc) is 2.57. The second kappa shape index (κ2) is 4.93. The van der Waals surface area contributed by atoms with Gasteiger partial charge < -0.3 is 20.3 Å². The molecule has 1 aliphatic rings. The molecule has 2 unspecified atom stereocenters. The third-order valence-electron chi connectivity index (χ3n) is 4.16. The Bertz CT molecular complexity index is 496. The van der Waals surface area contributed by atoms with Crippen LogP contribution in [0.2, 0.25) is 0 Å². The number of benzene rings is 1. The van der Waals surface area contributed by atoms with Crippen molar-refractivity contribution in [1.29, 1.82) is 0 Å². The number of nitrogens with two attached hydrogens (primary N) is 1. The first kappa shape index (κ1) is 15.1. The van der Waals surface area contributed by atoms with Gasteiger partial charge in [0, 0.05) is 11.5 Å². The van der Waals surface area contributed by atoms with Crippen LogP contribution in [-0.4, -0.2) is 23.4 Å². The highest BCUT2D eigenvalue weighted by Gasteiger charge is 2.49. The number of aliphatic hydroxyl groups excluding tert-OH is 1. The molecule has 1 heterocycles. The number of ether oxygens (including phenoxy) is 2. The van der Waals surface area contributed by atoms with Gasteiger partial charge in [-0.05, 0) is 40.2 Å². The summed E-state index contributed by atoms with van der Waals surface area (Å²) in [7, 11) is 1.58. The number of hydrogen-bond acceptors (Lipinski definition) is 4. The van der Waals surface area contributed by atoms with Crippen LogP contribution < -0.4 is 10.5 Å². The normalized spacial score (nSPS) is 25.4. The summed E-state index contributed by atoms with van der Waals surface area (Å²) in [6.07, 6.45) is 0.125. The summed E-state index contributed by atoms with van der Waals surface area (Å²) in [4.78, 5) is 0. The Hall–Kier alpha value is -1.26. The molecule has 0 amide bonds. The maximum absolute atomic E-state index is 10.8. The first-order valence-corrected chi connectivity index (χ1v) is 6.98. The van der Waals surface area contributed by atoms with Crippen molar-refractivity contribution in [3.63, 3.8) is 0 Å². The van der Waals surface area contributed by atoms with E-state index in [-0.39, 0.29) is 11.5 Å². The highest BCUT2D eigenvalue weighted by Crippen LogP contribution is 2.48. The zero-order valence-corrected chi connectivity index (χ0v) is 12.9. The molecular formula is C16H25NO3. The monoisotopic (exact) mass is 279 g/mol. The Morgan fingerprint density at radius 3 is 2.50 bits per heavy atom. The lowest BCUT2D eigenvalue weighted by molar-refractivity contribution is -0.0879. The Labute approximate surface area is 120 Å². The van der Waals surface area contributed by atoms with E-state index in [0.29, 0.717) is 17.0 Å². The van der Waals surface area contributed by atoms with E-state index in [1.165, 1.54) is 0 Å². The Balaban J connectivity index is 2.35. The van der Waals surface area contributed by atoms with E-state index in [4.69, 9.17) is 15.2 Å². The number of hydrogen-bond donors (Lipinski definition) is 2. The van der Waals surface area contributed by atoms with Crippen molar-refractivity contribution in [3.8, 4) is 5.75 Å². The number of aliphatic hydroxyl groups is 1. The summed E-state index contributed by atoms with van der Waals surface area (Å²) in [6.45, 7) is 8.14. The van der Waals surface area contributed by atoms with E-state index in [1.54, 1.807) is 13.2 Å². The van der Waals surface area contributed by atoms with Crippen molar-refractivity contribution in [2.45, 2.75) is 51.4 Å². The van der Waals surface area contributed by atoms with Gasteiger partial charge in [0.25, 0.3) is 0 Å². The summed E-state index contributed by atoms with van der Waals surface area (Å²) in [5, 5.41) is 10.8. The minimum Gasteiger partial charge on any atom is -0.495 e. The Morgan fingerprint density at radius 2 is 2.00 bits per heavy atom. The third kappa shape index (κ3) is 2.63. The minimum atomic E-state index is -0.665. The number of nitrogen functional groups attached to an aromatic ring is 1. The van der Waals surface area contributed by atoms with Gasteiger partial charge in [0.2, 0.25) is 0 Å². The molecule has 20 heavy (non-hydrogen) atoms. The SMILES string of the molecule is COc1cccc(C(O)C2CC(C)(C)OC2(C)C)c1N. The maximum atomic E-state index is 10.8. The van der Waals surface area contributed by atoms with Gasteiger partial charge in [-0.15, -0.1) is 0 Å². The van der Waals surface area contributed by atoms with Gasteiger partial charge >= 0.3 is 0 Å². The summed E-state index contributed by atoms with van der Waals surface area (Å²) in [6, 6.07) is 5.50. The minimum absolute atomic E-state index is 0.00749. The van der Waals surface area contributed by atoms with Crippen LogP contribution in [-0.2, 0) is 4.74 Å². The van der Waals surface area contributed by atoms with E-state index in [9.17, 15) is 5.11 Å². The van der Waals surface area contributed by atoms with Gasteiger partial charge in [0.15, 0.2) is 0 Å². The van der Waals surface area contributed by atoms with Crippen LogP contribution in [0.3, 0.4) is 0 Å². The van der Waals surface area contributed by atoms with E-state index in [0.717, 1.165) is 6.42 Å². The molecule has 0 spiro atoms. The fraction of sp³-hybridized carbons (Fsp3) is 0.625. The van der Waals surface area contributed by atoms with E-state index >= 15 is 0 Å². The van der Waals surface area contributed by atoms with E-state index in [2.05, 4.69) is 13.8 Å². The van der Waals surface area contributed by atoms with Crippen LogP contribution in [0, 0.1) is 5.92 Å². The Kier molecular flexibility index (Phi) is 3.73. The lowest BCUT2D eigenvalue weighted by atomic mass is 9.80. The van der Waals surface area contributed by atoms with Gasteiger partial charge in [-0.3, -0.25) is 0 Å². The molecule has 0 aromatic heterocycles. The second-order valence-electron chi connectivity index (χ2n) is 6.68. The van der Waals surface area contributed by atoms with Gasteiger partial charge in [-0.1, -0.05) is 12.1 Å². The van der Waals surface area contributed by atoms with E-state index < -0.39 is 11.7 Å². The first-order chi connectivity index (χ1) is 9.18. The van der Waals surface area contributed by atoms with Crippen molar-refractivity contribution in [1.82, 2.24) is 0 Å². The topological polar surface area (TPSA) is 64.7 Å². The van der Waals surface area contributed by atoms with Crippen molar-refractivity contribution in [3.05, 3.63) is 23.8 Å². The highest BCUT2D eigenvalue weighted by molar-refractivity contribution is 5.59. The van der Waals surface area contributed by atoms with Crippen LogP contribution in [0.1, 0.15) is 45.8 Å². The lowest BCUT2D eigenvalue weighted by Crippen LogP contribution is -2.32. The molecule has 0 bridgehead atoms. The molecule has 0 saturated carbocycles. The van der Waals surface area contributed by atoms with Crippen LogP contribution in [0.4, 0.5) is 5.69 Å². The number of para-hydroxylation sites is 1. The molecule has 3 N–H and O–H groups in total. The molecule has 2 rings (SSSR count). The van der Waals surface area contributed by atoms with Crippen molar-refractivity contribution >= 4 is 5.69 Å². The third-order valence-corrected chi connectivity index (χ3v) is 4.16. The molecule has 1 aliphatic heterocycles. The van der Waals surface area contributed by atoms with Gasteiger partial charge in [0.1, 0.15) is 5.75 Å². The molecule has 0 radical (unpaired) electrons. The molecule has 2 atom stereocenters. The second-order valence-corrected chi connectivity index (χ2v) is 6.68. The average molecular weight is 279 g/mol. The molecule has 1 saturated heterocycles. The number of anilines is 1. The maximum Gasteiger partial charge on any atom is 0.142 e. The fourth-order valence-electron chi connectivity index (χ4n) is 3.31. The Morgan fingerprint density at radius 1 is 1.35 bits per heavy atom. The van der Waals surface area contributed by atoms with E-state index in [1.807, 2.05) is 26.0 Å². The molecule has 4 nitrogen and oxygen atoms in total. The van der Waals surface area contributed by atoms with Crippen molar-refractivity contribution in [2.75, 3.05) is 12.8 Å². The van der Waals surface area contributed by atoms with Crippen molar-refractivity contribution in [2.24, 2.45) is 5.92 Å². The zero-order chi connectivity index (χ0) is 15.1. The lowest BCUT2D eigenvalue weighted by Gasteiger charge is -2.31.